The quantitative estimate of drug-likeness (QED) is 0.711. The maximum atomic E-state index is 12.9. The molecule has 0 aliphatic carbocycles. The molecule has 0 spiro atoms. The maximum Gasteiger partial charge on any atom is 0.167 e. The van der Waals surface area contributed by atoms with Crippen molar-refractivity contribution in [3.05, 3.63) is 59.9 Å². The summed E-state index contributed by atoms with van der Waals surface area (Å²) in [6, 6.07) is 13.8. The molecule has 0 radical (unpaired) electrons. The van der Waals surface area contributed by atoms with Gasteiger partial charge in [0, 0.05) is 17.2 Å². The van der Waals surface area contributed by atoms with E-state index in [0.29, 0.717) is 11.5 Å². The highest BCUT2D eigenvalue weighted by Gasteiger charge is 2.10. The Balaban J connectivity index is 1.94. The third-order valence-corrected chi connectivity index (χ3v) is 3.33. The molecule has 0 fully saturated rings. The van der Waals surface area contributed by atoms with Gasteiger partial charge in [-0.15, -0.1) is 0 Å². The molecule has 0 saturated heterocycles. The Labute approximate surface area is 122 Å². The number of halogens is 1. The number of ether oxygens (including phenoxy) is 1. The molecule has 3 aromatic rings. The average Bonchev–Trinajstić information content (AvgIpc) is 2.98. The van der Waals surface area contributed by atoms with Crippen LogP contribution >= 0.6 is 0 Å². The van der Waals surface area contributed by atoms with Gasteiger partial charge in [0.25, 0.3) is 0 Å². The molecular weight excluding hydrogens is 269 g/mol. The molecule has 0 aliphatic rings. The van der Waals surface area contributed by atoms with Gasteiger partial charge >= 0.3 is 0 Å². The predicted octanol–water partition coefficient (Wildman–Crippen LogP) is 4.46. The molecule has 0 N–H and O–H groups in total. The van der Waals surface area contributed by atoms with Gasteiger partial charge in [-0.1, -0.05) is 5.16 Å². The van der Waals surface area contributed by atoms with Gasteiger partial charge in [0.05, 0.1) is 7.11 Å². The Bertz CT molecular complexity index is 763. The Morgan fingerprint density at radius 3 is 2.38 bits per heavy atom. The number of rotatable bonds is 3. The molecule has 0 saturated carbocycles. The highest BCUT2D eigenvalue weighted by molar-refractivity contribution is 5.67. The minimum Gasteiger partial charge on any atom is -0.496 e. The summed E-state index contributed by atoms with van der Waals surface area (Å²) >= 11 is 0. The first-order valence-electron chi connectivity index (χ1n) is 6.55. The molecule has 1 heterocycles. The summed E-state index contributed by atoms with van der Waals surface area (Å²) in [5, 5.41) is 4.04. The van der Waals surface area contributed by atoms with Gasteiger partial charge in [-0.25, -0.2) is 4.39 Å². The van der Waals surface area contributed by atoms with Crippen LogP contribution in [0.1, 0.15) is 5.56 Å². The zero-order valence-electron chi connectivity index (χ0n) is 11.8. The van der Waals surface area contributed by atoms with Gasteiger partial charge < -0.3 is 9.26 Å². The molecule has 3 rings (SSSR count). The molecular formula is C17H14FNO2. The first-order chi connectivity index (χ1) is 10.2. The SMILES string of the molecule is COc1ccc(-c2cc(-c3ccc(F)cc3)no2)cc1C. The second kappa shape index (κ2) is 5.40. The highest BCUT2D eigenvalue weighted by atomic mass is 19.1. The minimum absolute atomic E-state index is 0.270. The van der Waals surface area contributed by atoms with Gasteiger partial charge in [0.15, 0.2) is 5.76 Å². The van der Waals surface area contributed by atoms with Crippen molar-refractivity contribution in [2.75, 3.05) is 7.11 Å². The third-order valence-electron chi connectivity index (χ3n) is 3.33. The van der Waals surface area contributed by atoms with Crippen LogP contribution in [-0.2, 0) is 0 Å². The predicted molar refractivity (Wildman–Crippen MR) is 78.6 cm³/mol. The molecule has 1 aromatic heterocycles. The topological polar surface area (TPSA) is 35.3 Å². The minimum atomic E-state index is -0.270. The smallest absolute Gasteiger partial charge is 0.167 e. The van der Waals surface area contributed by atoms with Gasteiger partial charge in [-0.3, -0.25) is 0 Å². The van der Waals surface area contributed by atoms with Crippen LogP contribution in [0.15, 0.2) is 53.1 Å². The molecule has 0 aliphatic heterocycles. The number of hydrogen-bond acceptors (Lipinski definition) is 3. The van der Waals surface area contributed by atoms with Crippen LogP contribution in [0.25, 0.3) is 22.6 Å². The van der Waals surface area contributed by atoms with E-state index >= 15 is 0 Å². The van der Waals surface area contributed by atoms with Crippen LogP contribution in [0.5, 0.6) is 5.75 Å². The Hall–Kier alpha value is -2.62. The number of hydrogen-bond donors (Lipinski definition) is 0. The van der Waals surface area contributed by atoms with Crippen LogP contribution < -0.4 is 4.74 Å². The Kier molecular flexibility index (Phi) is 3.44. The lowest BCUT2D eigenvalue weighted by molar-refractivity contribution is 0.411. The van der Waals surface area contributed by atoms with E-state index in [1.54, 1.807) is 19.2 Å². The van der Waals surface area contributed by atoms with Crippen molar-refractivity contribution >= 4 is 0 Å². The number of aromatic nitrogens is 1. The normalized spacial score (nSPS) is 10.6. The number of benzene rings is 2. The van der Waals surface area contributed by atoms with E-state index in [4.69, 9.17) is 9.26 Å². The Morgan fingerprint density at radius 1 is 1.00 bits per heavy atom. The third kappa shape index (κ3) is 2.65. The number of nitrogens with zero attached hydrogens (tertiary/aromatic N) is 1. The summed E-state index contributed by atoms with van der Waals surface area (Å²) in [4.78, 5) is 0. The van der Waals surface area contributed by atoms with E-state index in [1.165, 1.54) is 12.1 Å². The molecule has 4 heteroatoms. The number of methoxy groups -OCH3 is 1. The fourth-order valence-electron chi connectivity index (χ4n) is 2.20. The van der Waals surface area contributed by atoms with E-state index in [1.807, 2.05) is 31.2 Å². The van der Waals surface area contributed by atoms with E-state index < -0.39 is 0 Å². The summed E-state index contributed by atoms with van der Waals surface area (Å²) in [7, 11) is 1.64. The fraction of sp³-hybridized carbons (Fsp3) is 0.118. The van der Waals surface area contributed by atoms with Crippen LogP contribution in [0.4, 0.5) is 4.39 Å². The highest BCUT2D eigenvalue weighted by Crippen LogP contribution is 2.29. The number of aryl methyl sites for hydroxylation is 1. The second-order valence-electron chi connectivity index (χ2n) is 4.77. The molecule has 0 atom stereocenters. The lowest BCUT2D eigenvalue weighted by Crippen LogP contribution is -1.87. The first-order valence-corrected chi connectivity index (χ1v) is 6.55. The average molecular weight is 283 g/mol. The van der Waals surface area contributed by atoms with Crippen molar-refractivity contribution in [3.63, 3.8) is 0 Å². The molecule has 2 aromatic carbocycles. The molecule has 106 valence electrons. The van der Waals surface area contributed by atoms with Crippen LogP contribution in [-0.4, -0.2) is 12.3 Å². The molecule has 0 unspecified atom stereocenters. The standard InChI is InChI=1S/C17H14FNO2/c1-11-9-13(5-8-16(11)20-2)17-10-15(19-21-17)12-3-6-14(18)7-4-12/h3-10H,1-2H3. The molecule has 3 nitrogen and oxygen atoms in total. The fourth-order valence-corrected chi connectivity index (χ4v) is 2.20. The summed E-state index contributed by atoms with van der Waals surface area (Å²) in [5.41, 5.74) is 3.44. The first kappa shape index (κ1) is 13.4. The van der Waals surface area contributed by atoms with Crippen LogP contribution in [0.2, 0.25) is 0 Å². The van der Waals surface area contributed by atoms with Crippen molar-refractivity contribution in [1.29, 1.82) is 0 Å². The molecule has 0 bridgehead atoms. The van der Waals surface area contributed by atoms with E-state index in [0.717, 1.165) is 22.4 Å². The lowest BCUT2D eigenvalue weighted by atomic mass is 10.1. The Morgan fingerprint density at radius 2 is 1.71 bits per heavy atom. The molecule has 0 amide bonds. The van der Waals surface area contributed by atoms with Crippen molar-refractivity contribution in [1.82, 2.24) is 5.16 Å². The van der Waals surface area contributed by atoms with Gasteiger partial charge in [0.1, 0.15) is 17.3 Å². The summed E-state index contributed by atoms with van der Waals surface area (Å²) in [5.74, 6) is 1.23. The van der Waals surface area contributed by atoms with E-state index in [-0.39, 0.29) is 5.82 Å². The zero-order chi connectivity index (χ0) is 14.8. The van der Waals surface area contributed by atoms with Gasteiger partial charge in [-0.05, 0) is 55.0 Å². The van der Waals surface area contributed by atoms with Gasteiger partial charge in [0.2, 0.25) is 0 Å². The summed E-state index contributed by atoms with van der Waals surface area (Å²) in [6.07, 6.45) is 0. The van der Waals surface area contributed by atoms with E-state index in [9.17, 15) is 4.39 Å². The molecule has 21 heavy (non-hydrogen) atoms. The van der Waals surface area contributed by atoms with Crippen LogP contribution in [0, 0.1) is 12.7 Å². The second-order valence-corrected chi connectivity index (χ2v) is 4.77. The van der Waals surface area contributed by atoms with Crippen LogP contribution in [0.3, 0.4) is 0 Å². The monoisotopic (exact) mass is 283 g/mol. The van der Waals surface area contributed by atoms with Crippen molar-refractivity contribution in [3.8, 4) is 28.3 Å². The summed E-state index contributed by atoms with van der Waals surface area (Å²) in [6.45, 7) is 1.97. The lowest BCUT2D eigenvalue weighted by Gasteiger charge is -2.04. The van der Waals surface area contributed by atoms with Crippen molar-refractivity contribution in [2.45, 2.75) is 6.92 Å². The van der Waals surface area contributed by atoms with E-state index in [2.05, 4.69) is 5.16 Å². The largest absolute Gasteiger partial charge is 0.496 e. The van der Waals surface area contributed by atoms with Crippen molar-refractivity contribution in [2.24, 2.45) is 0 Å². The maximum absolute atomic E-state index is 12.9. The zero-order valence-corrected chi connectivity index (χ0v) is 11.8. The van der Waals surface area contributed by atoms with Crippen molar-refractivity contribution < 1.29 is 13.7 Å². The summed E-state index contributed by atoms with van der Waals surface area (Å²) < 4.78 is 23.6. The van der Waals surface area contributed by atoms with Gasteiger partial charge in [-0.2, -0.15) is 0 Å².